The van der Waals surface area contributed by atoms with E-state index in [4.69, 9.17) is 4.42 Å². The van der Waals surface area contributed by atoms with Crippen molar-refractivity contribution in [1.82, 2.24) is 5.32 Å². The second-order valence-electron chi connectivity index (χ2n) is 5.43. The Bertz CT molecular complexity index is 921. The molecule has 0 atom stereocenters. The minimum Gasteiger partial charge on any atom is -0.467 e. The van der Waals surface area contributed by atoms with Gasteiger partial charge in [0.1, 0.15) is 17.4 Å². The molecule has 1 aliphatic rings. The summed E-state index contributed by atoms with van der Waals surface area (Å²) < 4.78 is 36.8. The number of nitrogens with one attached hydrogen (secondary N) is 2. The third-order valence-corrected chi connectivity index (χ3v) is 4.50. The zero-order valence-electron chi connectivity index (χ0n) is 12.9. The van der Waals surface area contributed by atoms with Crippen molar-refractivity contribution in [1.29, 1.82) is 0 Å². The minimum absolute atomic E-state index is 0.467. The van der Waals surface area contributed by atoms with Crippen LogP contribution < -0.4 is 10.6 Å². The minimum atomic E-state index is -0.610. The van der Waals surface area contributed by atoms with Crippen LogP contribution in [0.25, 0.3) is 11.1 Å². The Kier molecular flexibility index (Phi) is 4.15. The van der Waals surface area contributed by atoms with Crippen LogP contribution in [-0.4, -0.2) is 5.96 Å². The van der Waals surface area contributed by atoms with Gasteiger partial charge in [0, 0.05) is 23.6 Å². The maximum Gasteiger partial charge on any atom is 0.208 e. The molecule has 2 N–H and O–H groups in total. The number of hydrogen-bond donors (Lipinski definition) is 2. The molecule has 0 fully saturated rings. The van der Waals surface area contributed by atoms with Gasteiger partial charge in [-0.15, -0.1) is 0 Å². The largest absolute Gasteiger partial charge is 0.467 e. The van der Waals surface area contributed by atoms with Crippen molar-refractivity contribution in [3.8, 4) is 11.1 Å². The molecule has 3 aromatic rings. The quantitative estimate of drug-likeness (QED) is 0.661. The van der Waals surface area contributed by atoms with Crippen LogP contribution in [0.1, 0.15) is 5.76 Å². The van der Waals surface area contributed by atoms with Gasteiger partial charge in [0.25, 0.3) is 0 Å². The van der Waals surface area contributed by atoms with E-state index in [-0.39, 0.29) is 0 Å². The molecule has 0 amide bonds. The smallest absolute Gasteiger partial charge is 0.208 e. The van der Waals surface area contributed by atoms with E-state index in [1.807, 2.05) is 30.3 Å². The number of para-hydroxylation sites is 1. The molecule has 0 saturated carbocycles. The fourth-order valence-electron chi connectivity index (χ4n) is 2.58. The topological polar surface area (TPSA) is 49.6 Å². The summed E-state index contributed by atoms with van der Waals surface area (Å²) in [6, 6.07) is 12.7. The number of guanidine groups is 1. The Labute approximate surface area is 147 Å². The molecule has 126 valence electrons. The molecule has 1 aliphatic heterocycles. The monoisotopic (exact) mass is 357 g/mol. The van der Waals surface area contributed by atoms with E-state index in [9.17, 15) is 8.78 Å². The van der Waals surface area contributed by atoms with E-state index in [2.05, 4.69) is 15.0 Å². The second kappa shape index (κ2) is 6.60. The zero-order valence-corrected chi connectivity index (χ0v) is 13.7. The highest BCUT2D eigenvalue weighted by Crippen LogP contribution is 2.39. The number of nitrogens with zero attached hydrogens (tertiary/aromatic N) is 1. The highest BCUT2D eigenvalue weighted by molar-refractivity contribution is 7.98. The lowest BCUT2D eigenvalue weighted by atomic mass is 10.0. The van der Waals surface area contributed by atoms with Crippen molar-refractivity contribution < 1.29 is 13.2 Å². The number of fused-ring (bicyclic) bond motifs is 1. The number of furan rings is 1. The van der Waals surface area contributed by atoms with Gasteiger partial charge in [-0.25, -0.2) is 8.78 Å². The van der Waals surface area contributed by atoms with Crippen LogP contribution in [0, 0.1) is 11.6 Å². The molecule has 0 unspecified atom stereocenters. The Balaban J connectivity index is 1.62. The van der Waals surface area contributed by atoms with Crippen molar-refractivity contribution in [2.24, 2.45) is 4.40 Å². The molecule has 1 aromatic heterocycles. The zero-order chi connectivity index (χ0) is 17.2. The molecular formula is C18H13F2N3OS. The Morgan fingerprint density at radius 1 is 1.08 bits per heavy atom. The lowest BCUT2D eigenvalue weighted by molar-refractivity contribution is 0.503. The van der Waals surface area contributed by atoms with Crippen molar-refractivity contribution in [2.45, 2.75) is 11.4 Å². The van der Waals surface area contributed by atoms with Gasteiger partial charge in [-0.1, -0.05) is 12.1 Å². The fraction of sp³-hybridized carbons (Fsp3) is 0.0556. The summed E-state index contributed by atoms with van der Waals surface area (Å²) in [5.41, 5.74) is 1.93. The van der Waals surface area contributed by atoms with Crippen LogP contribution in [0.2, 0.25) is 0 Å². The lowest BCUT2D eigenvalue weighted by Gasteiger charge is -2.21. The molecule has 4 nitrogen and oxygen atoms in total. The fourth-order valence-corrected chi connectivity index (χ4v) is 3.27. The van der Waals surface area contributed by atoms with Gasteiger partial charge >= 0.3 is 0 Å². The normalized spacial score (nSPS) is 13.0. The second-order valence-corrected chi connectivity index (χ2v) is 6.23. The molecule has 0 spiro atoms. The number of anilines is 1. The molecular weight excluding hydrogens is 344 g/mol. The number of benzene rings is 2. The summed E-state index contributed by atoms with van der Waals surface area (Å²) >= 11 is 1.30. The first kappa shape index (κ1) is 15.7. The van der Waals surface area contributed by atoms with Crippen molar-refractivity contribution in [3.05, 3.63) is 72.2 Å². The summed E-state index contributed by atoms with van der Waals surface area (Å²) in [5.74, 6) is 0.112. The van der Waals surface area contributed by atoms with Gasteiger partial charge in [-0.3, -0.25) is 0 Å². The van der Waals surface area contributed by atoms with Crippen molar-refractivity contribution in [3.63, 3.8) is 0 Å². The van der Waals surface area contributed by atoms with Crippen LogP contribution >= 0.6 is 11.9 Å². The average Bonchev–Trinajstić information content (AvgIpc) is 3.12. The maximum atomic E-state index is 13.6. The first-order chi connectivity index (χ1) is 12.2. The standard InChI is InChI=1S/C18H13F2N3OS/c19-12-7-11(8-13(20)9-12)15-4-1-5-16-17(15)22-18(23-25-16)21-10-14-3-2-6-24-14/h1-9H,10H2,(H2,21,22,23). The van der Waals surface area contributed by atoms with Gasteiger partial charge in [0.2, 0.25) is 5.96 Å². The van der Waals surface area contributed by atoms with Crippen molar-refractivity contribution >= 4 is 23.6 Å². The van der Waals surface area contributed by atoms with Gasteiger partial charge in [-0.05, 0) is 35.9 Å². The predicted octanol–water partition coefficient (Wildman–Crippen LogP) is 4.80. The highest BCUT2D eigenvalue weighted by atomic mass is 32.2. The van der Waals surface area contributed by atoms with E-state index in [0.29, 0.717) is 23.6 Å². The maximum absolute atomic E-state index is 13.6. The Morgan fingerprint density at radius 2 is 1.92 bits per heavy atom. The summed E-state index contributed by atoms with van der Waals surface area (Å²) in [7, 11) is 0. The van der Waals surface area contributed by atoms with Gasteiger partial charge in [0.15, 0.2) is 0 Å². The third kappa shape index (κ3) is 3.36. The lowest BCUT2D eigenvalue weighted by Crippen LogP contribution is -2.31. The van der Waals surface area contributed by atoms with Gasteiger partial charge in [0.05, 0.1) is 23.4 Å². The van der Waals surface area contributed by atoms with E-state index >= 15 is 0 Å². The summed E-state index contributed by atoms with van der Waals surface area (Å²) in [6.07, 6.45) is 1.60. The van der Waals surface area contributed by atoms with E-state index in [1.54, 1.807) is 6.26 Å². The molecule has 0 radical (unpaired) electrons. The SMILES string of the molecule is Fc1cc(F)cc(-c2cccc3c2NC(NCc2ccco2)=NS3)c1. The van der Waals surface area contributed by atoms with Crippen LogP contribution in [-0.2, 0) is 6.54 Å². The third-order valence-electron chi connectivity index (χ3n) is 3.69. The Morgan fingerprint density at radius 3 is 2.68 bits per heavy atom. The van der Waals surface area contributed by atoms with Crippen LogP contribution in [0.15, 0.2) is 68.5 Å². The molecule has 0 aliphatic carbocycles. The van der Waals surface area contributed by atoms with Gasteiger partial charge < -0.3 is 15.1 Å². The van der Waals surface area contributed by atoms with Crippen LogP contribution in [0.3, 0.4) is 0 Å². The molecule has 0 bridgehead atoms. The molecule has 25 heavy (non-hydrogen) atoms. The highest BCUT2D eigenvalue weighted by Gasteiger charge is 2.18. The van der Waals surface area contributed by atoms with E-state index < -0.39 is 11.6 Å². The van der Waals surface area contributed by atoms with E-state index in [0.717, 1.165) is 22.4 Å². The number of halogens is 2. The van der Waals surface area contributed by atoms with Crippen LogP contribution in [0.4, 0.5) is 14.5 Å². The van der Waals surface area contributed by atoms with Crippen LogP contribution in [0.5, 0.6) is 0 Å². The molecule has 2 heterocycles. The average molecular weight is 357 g/mol. The predicted molar refractivity (Wildman–Crippen MR) is 94.3 cm³/mol. The van der Waals surface area contributed by atoms with E-state index in [1.165, 1.54) is 24.1 Å². The molecule has 0 saturated heterocycles. The number of hydrogen-bond acceptors (Lipinski definition) is 5. The first-order valence-electron chi connectivity index (χ1n) is 7.57. The Hall–Kier alpha value is -2.80. The summed E-state index contributed by atoms with van der Waals surface area (Å²) in [6.45, 7) is 0.478. The molecule has 2 aromatic carbocycles. The van der Waals surface area contributed by atoms with Crippen molar-refractivity contribution in [2.75, 3.05) is 5.32 Å². The first-order valence-corrected chi connectivity index (χ1v) is 8.34. The summed E-state index contributed by atoms with van der Waals surface area (Å²) in [5, 5.41) is 6.34. The molecule has 7 heteroatoms. The summed E-state index contributed by atoms with van der Waals surface area (Å²) in [4.78, 5) is 0.880. The molecule has 4 rings (SSSR count). The number of rotatable bonds is 3. The van der Waals surface area contributed by atoms with Gasteiger partial charge in [-0.2, -0.15) is 4.40 Å².